The van der Waals surface area contributed by atoms with Gasteiger partial charge in [0.05, 0.1) is 0 Å². The number of carbonyl (C=O) groups excluding carboxylic acids is 1. The molecule has 25 heavy (non-hydrogen) atoms. The van der Waals surface area contributed by atoms with Crippen LogP contribution in [0.3, 0.4) is 0 Å². The fourth-order valence-electron chi connectivity index (χ4n) is 3.20. The molecule has 1 fully saturated rings. The van der Waals surface area contributed by atoms with Crippen LogP contribution in [0.5, 0.6) is 0 Å². The molecule has 3 N–H and O–H groups in total. The summed E-state index contributed by atoms with van der Waals surface area (Å²) in [5, 5.41) is 7.49. The fourth-order valence-corrected chi connectivity index (χ4v) is 3.20. The Morgan fingerprint density at radius 1 is 1.00 bits per heavy atom. The van der Waals surface area contributed by atoms with E-state index in [1.807, 2.05) is 60.7 Å². The molecule has 1 aliphatic rings. The Morgan fingerprint density at radius 2 is 1.48 bits per heavy atom. The van der Waals surface area contributed by atoms with Crippen molar-refractivity contribution >= 4 is 11.9 Å². The molecular formula is C20H23N3O2. The Labute approximate surface area is 147 Å². The van der Waals surface area contributed by atoms with Gasteiger partial charge in [0.25, 0.3) is 0 Å². The fraction of sp³-hybridized carbons (Fsp3) is 0.300. The maximum absolute atomic E-state index is 12.9. The van der Waals surface area contributed by atoms with Crippen LogP contribution in [-0.4, -0.2) is 36.0 Å². The lowest BCUT2D eigenvalue weighted by Gasteiger charge is -2.32. The van der Waals surface area contributed by atoms with Gasteiger partial charge in [-0.1, -0.05) is 60.7 Å². The average molecular weight is 337 g/mol. The maximum atomic E-state index is 12.9. The molecule has 2 aromatic carbocycles. The van der Waals surface area contributed by atoms with Gasteiger partial charge in [0.15, 0.2) is 5.96 Å². The molecule has 0 bridgehead atoms. The molecule has 1 aliphatic heterocycles. The van der Waals surface area contributed by atoms with Gasteiger partial charge in [-0.05, 0) is 11.1 Å². The normalized spacial score (nSPS) is 15.2. The number of nitrogens with two attached hydrogens (primary N) is 1. The van der Waals surface area contributed by atoms with Crippen LogP contribution >= 0.6 is 0 Å². The summed E-state index contributed by atoms with van der Waals surface area (Å²) in [5.74, 6) is -0.567. The van der Waals surface area contributed by atoms with E-state index in [1.165, 1.54) is 0 Å². The molecule has 1 heterocycles. The third-order valence-electron chi connectivity index (χ3n) is 4.57. The summed E-state index contributed by atoms with van der Waals surface area (Å²) >= 11 is 0. The molecule has 0 aromatic heterocycles. The van der Waals surface area contributed by atoms with E-state index in [-0.39, 0.29) is 18.0 Å². The molecular weight excluding hydrogens is 314 g/mol. The lowest BCUT2D eigenvalue weighted by Crippen LogP contribution is -2.44. The van der Waals surface area contributed by atoms with Crippen LogP contribution in [0.15, 0.2) is 60.7 Å². The number of rotatable bonds is 4. The van der Waals surface area contributed by atoms with Gasteiger partial charge in [0, 0.05) is 25.9 Å². The van der Waals surface area contributed by atoms with Crippen molar-refractivity contribution in [3.05, 3.63) is 71.8 Å². The summed E-state index contributed by atoms with van der Waals surface area (Å²) in [6.45, 7) is 1.29. The Kier molecular flexibility index (Phi) is 5.33. The number of ether oxygens (including phenoxy) is 1. The zero-order valence-electron chi connectivity index (χ0n) is 14.1. The van der Waals surface area contributed by atoms with Crippen molar-refractivity contribution in [3.63, 3.8) is 0 Å². The van der Waals surface area contributed by atoms with Crippen molar-refractivity contribution in [1.29, 1.82) is 5.41 Å². The third-order valence-corrected chi connectivity index (χ3v) is 4.57. The highest BCUT2D eigenvalue weighted by Gasteiger charge is 2.29. The Bertz CT molecular complexity index is 671. The van der Waals surface area contributed by atoms with Crippen molar-refractivity contribution in [2.75, 3.05) is 13.1 Å². The molecule has 5 nitrogen and oxygen atoms in total. The van der Waals surface area contributed by atoms with Crippen LogP contribution < -0.4 is 5.73 Å². The summed E-state index contributed by atoms with van der Waals surface area (Å²) in [6.07, 6.45) is 1.27. The lowest BCUT2D eigenvalue weighted by molar-refractivity contribution is -0.151. The number of guanidine groups is 1. The quantitative estimate of drug-likeness (QED) is 0.511. The van der Waals surface area contributed by atoms with Crippen molar-refractivity contribution in [2.24, 2.45) is 5.73 Å². The summed E-state index contributed by atoms with van der Waals surface area (Å²) in [4.78, 5) is 14.7. The van der Waals surface area contributed by atoms with E-state index in [0.29, 0.717) is 25.9 Å². The zero-order valence-corrected chi connectivity index (χ0v) is 14.1. The van der Waals surface area contributed by atoms with E-state index in [1.54, 1.807) is 4.90 Å². The Morgan fingerprint density at radius 3 is 1.92 bits per heavy atom. The van der Waals surface area contributed by atoms with Crippen molar-refractivity contribution < 1.29 is 9.53 Å². The summed E-state index contributed by atoms with van der Waals surface area (Å²) in [7, 11) is 0. The molecule has 0 amide bonds. The van der Waals surface area contributed by atoms with Crippen LogP contribution in [0.1, 0.15) is 29.9 Å². The van der Waals surface area contributed by atoms with E-state index in [2.05, 4.69) is 0 Å². The molecule has 0 radical (unpaired) electrons. The van der Waals surface area contributed by atoms with Crippen molar-refractivity contribution in [2.45, 2.75) is 24.9 Å². The van der Waals surface area contributed by atoms with Crippen LogP contribution in [-0.2, 0) is 9.53 Å². The highest BCUT2D eigenvalue weighted by atomic mass is 16.5. The second-order valence-corrected chi connectivity index (χ2v) is 6.26. The predicted octanol–water partition coefficient (Wildman–Crippen LogP) is 2.72. The van der Waals surface area contributed by atoms with Gasteiger partial charge in [-0.25, -0.2) is 0 Å². The standard InChI is InChI=1S/C20H23N3O2/c21-20(22)23-13-11-17(12-14-23)25-19(24)18(15-7-3-1-4-8-15)16-9-5-2-6-10-16/h1-10,17-18H,11-14H2,(H3,21,22). The number of piperidine rings is 1. The first kappa shape index (κ1) is 17.0. The highest BCUT2D eigenvalue weighted by Crippen LogP contribution is 2.27. The van der Waals surface area contributed by atoms with Gasteiger partial charge in [0.2, 0.25) is 0 Å². The number of nitrogens with one attached hydrogen (secondary N) is 1. The first-order valence-electron chi connectivity index (χ1n) is 8.54. The number of carbonyl (C=O) groups is 1. The molecule has 3 rings (SSSR count). The molecule has 5 heteroatoms. The third kappa shape index (κ3) is 4.18. The van der Waals surface area contributed by atoms with Gasteiger partial charge < -0.3 is 15.4 Å². The minimum atomic E-state index is -0.423. The number of esters is 1. The maximum Gasteiger partial charge on any atom is 0.318 e. The number of benzene rings is 2. The molecule has 0 atom stereocenters. The predicted molar refractivity (Wildman–Crippen MR) is 97.3 cm³/mol. The highest BCUT2D eigenvalue weighted by molar-refractivity contribution is 5.82. The minimum absolute atomic E-state index is 0.0798. The minimum Gasteiger partial charge on any atom is -0.462 e. The van der Waals surface area contributed by atoms with Crippen LogP contribution in [0.2, 0.25) is 0 Å². The molecule has 2 aromatic rings. The first-order chi connectivity index (χ1) is 12.1. The van der Waals surface area contributed by atoms with Gasteiger partial charge >= 0.3 is 5.97 Å². The Hall–Kier alpha value is -2.82. The van der Waals surface area contributed by atoms with E-state index in [4.69, 9.17) is 15.9 Å². The van der Waals surface area contributed by atoms with E-state index < -0.39 is 5.92 Å². The van der Waals surface area contributed by atoms with Crippen LogP contribution in [0, 0.1) is 5.41 Å². The van der Waals surface area contributed by atoms with E-state index >= 15 is 0 Å². The van der Waals surface area contributed by atoms with Crippen LogP contribution in [0.4, 0.5) is 0 Å². The molecule has 0 aliphatic carbocycles. The number of hydrogen-bond donors (Lipinski definition) is 2. The largest absolute Gasteiger partial charge is 0.462 e. The molecule has 0 saturated carbocycles. The van der Waals surface area contributed by atoms with Gasteiger partial charge in [-0.3, -0.25) is 10.2 Å². The summed E-state index contributed by atoms with van der Waals surface area (Å²) < 4.78 is 5.81. The molecule has 0 spiro atoms. The van der Waals surface area contributed by atoms with Crippen molar-refractivity contribution in [1.82, 2.24) is 4.90 Å². The number of hydrogen-bond acceptors (Lipinski definition) is 3. The SMILES string of the molecule is N=C(N)N1CCC(OC(=O)C(c2ccccc2)c2ccccc2)CC1. The molecule has 130 valence electrons. The molecule has 1 saturated heterocycles. The molecule has 0 unspecified atom stereocenters. The summed E-state index contributed by atoms with van der Waals surface area (Å²) in [6, 6.07) is 19.4. The van der Waals surface area contributed by atoms with E-state index in [0.717, 1.165) is 11.1 Å². The second-order valence-electron chi connectivity index (χ2n) is 6.26. The van der Waals surface area contributed by atoms with Gasteiger partial charge in [0.1, 0.15) is 12.0 Å². The lowest BCUT2D eigenvalue weighted by atomic mass is 9.91. The van der Waals surface area contributed by atoms with Gasteiger partial charge in [-0.2, -0.15) is 0 Å². The average Bonchev–Trinajstić information content (AvgIpc) is 2.64. The summed E-state index contributed by atoms with van der Waals surface area (Å²) in [5.41, 5.74) is 7.38. The topological polar surface area (TPSA) is 79.4 Å². The monoisotopic (exact) mass is 337 g/mol. The second kappa shape index (κ2) is 7.83. The van der Waals surface area contributed by atoms with E-state index in [9.17, 15) is 4.79 Å². The van der Waals surface area contributed by atoms with Crippen molar-refractivity contribution in [3.8, 4) is 0 Å². The zero-order chi connectivity index (χ0) is 17.6. The number of likely N-dealkylation sites (tertiary alicyclic amines) is 1. The van der Waals surface area contributed by atoms with Crippen LogP contribution in [0.25, 0.3) is 0 Å². The van der Waals surface area contributed by atoms with Gasteiger partial charge in [-0.15, -0.1) is 0 Å². The smallest absolute Gasteiger partial charge is 0.318 e. The first-order valence-corrected chi connectivity index (χ1v) is 8.54. The number of nitrogens with zero attached hydrogens (tertiary/aromatic N) is 1. The Balaban J connectivity index is 1.74.